The van der Waals surface area contributed by atoms with Crippen LogP contribution in [0.4, 0.5) is 10.1 Å². The second kappa shape index (κ2) is 9.36. The Morgan fingerprint density at radius 3 is 2.54 bits per heavy atom. The zero-order chi connectivity index (χ0) is 18.1. The Kier molecular flexibility index (Phi) is 7.51. The minimum atomic E-state index is -0.623. The molecular weight excluding hydrogens is 313 g/mol. The highest BCUT2D eigenvalue weighted by molar-refractivity contribution is 5.51. The summed E-state index contributed by atoms with van der Waals surface area (Å²) in [5.41, 5.74) is 4.49. The van der Waals surface area contributed by atoms with Gasteiger partial charge in [0.25, 0.3) is 0 Å². The highest BCUT2D eigenvalue weighted by atomic mass is 19.1. The molecule has 2 aromatic rings. The zero-order valence-electron chi connectivity index (χ0n) is 13.9. The van der Waals surface area contributed by atoms with E-state index in [1.165, 1.54) is 0 Å². The van der Waals surface area contributed by atoms with Crippen molar-refractivity contribution in [1.29, 1.82) is 0 Å². The average molecular weight is 335 g/mol. The Morgan fingerprint density at radius 1 is 1.33 bits per heavy atom. The largest absolute Gasteiger partial charge is 0.505 e. The van der Waals surface area contributed by atoms with Crippen molar-refractivity contribution in [1.82, 2.24) is 5.43 Å². The lowest BCUT2D eigenvalue weighted by molar-refractivity contribution is -0.109. The molecule has 24 heavy (non-hydrogen) atoms. The number of hydrogen-bond acceptors (Lipinski definition) is 5. The fraction of sp³-hybridized carbons (Fsp3) is 0.235. The maximum atomic E-state index is 13.8. The van der Waals surface area contributed by atoms with Gasteiger partial charge in [-0.1, -0.05) is 18.2 Å². The van der Waals surface area contributed by atoms with E-state index in [-0.39, 0.29) is 5.75 Å². The summed E-state index contributed by atoms with van der Waals surface area (Å²) in [4.78, 5) is 8.94. The predicted octanol–water partition coefficient (Wildman–Crippen LogP) is 2.37. The van der Waals surface area contributed by atoms with E-state index < -0.39 is 5.82 Å². The SMILES string of the molecule is CNc1ccccc1COc1cc(C)c(O)c(F)c1C.NNC=O. The van der Waals surface area contributed by atoms with Crippen molar-refractivity contribution in [3.8, 4) is 11.5 Å². The van der Waals surface area contributed by atoms with Crippen LogP contribution in [-0.4, -0.2) is 18.6 Å². The molecule has 0 spiro atoms. The topological polar surface area (TPSA) is 96.6 Å². The van der Waals surface area contributed by atoms with Crippen LogP contribution < -0.4 is 21.3 Å². The number of benzene rings is 2. The number of para-hydroxylation sites is 1. The van der Waals surface area contributed by atoms with E-state index in [9.17, 15) is 9.50 Å². The van der Waals surface area contributed by atoms with Crippen molar-refractivity contribution in [2.24, 2.45) is 5.84 Å². The molecule has 0 fully saturated rings. The Bertz CT molecular complexity index is 693. The fourth-order valence-corrected chi connectivity index (χ4v) is 2.03. The van der Waals surface area contributed by atoms with Gasteiger partial charge in [-0.2, -0.15) is 0 Å². The van der Waals surface area contributed by atoms with Crippen LogP contribution in [0.3, 0.4) is 0 Å². The summed E-state index contributed by atoms with van der Waals surface area (Å²) in [6.07, 6.45) is 0.403. The molecule has 2 rings (SSSR count). The van der Waals surface area contributed by atoms with E-state index in [2.05, 4.69) is 11.2 Å². The van der Waals surface area contributed by atoms with Crippen LogP contribution in [0.2, 0.25) is 0 Å². The number of hydrazine groups is 1. The summed E-state index contributed by atoms with van der Waals surface area (Å²) in [5, 5.41) is 12.6. The smallest absolute Gasteiger partial charge is 0.221 e. The first-order valence-electron chi connectivity index (χ1n) is 7.23. The quantitative estimate of drug-likeness (QED) is 0.291. The molecule has 6 nitrogen and oxygen atoms in total. The second-order valence-electron chi connectivity index (χ2n) is 4.96. The van der Waals surface area contributed by atoms with Gasteiger partial charge in [-0.25, -0.2) is 10.2 Å². The summed E-state index contributed by atoms with van der Waals surface area (Å²) in [6.45, 7) is 3.57. The highest BCUT2D eigenvalue weighted by Gasteiger charge is 2.13. The van der Waals surface area contributed by atoms with Gasteiger partial charge in [-0.3, -0.25) is 10.2 Å². The standard InChI is InChI=1S/C16H18FNO2.CH4N2O/c1-10-8-14(11(2)15(17)16(10)19)20-9-12-6-4-5-7-13(12)18-3;2-3-1-4/h4-8,18-19H,9H2,1-3H3;1H,2H2,(H,3,4). The molecule has 2 aromatic carbocycles. The third-order valence-corrected chi connectivity index (χ3v) is 3.37. The number of halogens is 1. The average Bonchev–Trinajstić information content (AvgIpc) is 2.62. The van der Waals surface area contributed by atoms with Crippen molar-refractivity contribution in [2.45, 2.75) is 20.5 Å². The Labute approximate surface area is 140 Å². The summed E-state index contributed by atoms with van der Waals surface area (Å²) < 4.78 is 19.5. The maximum absolute atomic E-state index is 13.8. The van der Waals surface area contributed by atoms with E-state index in [0.29, 0.717) is 29.9 Å². The number of ether oxygens (including phenoxy) is 1. The summed E-state index contributed by atoms with van der Waals surface area (Å²) in [5.74, 6) is 3.92. The number of aromatic hydroxyl groups is 1. The van der Waals surface area contributed by atoms with Crippen molar-refractivity contribution in [2.75, 3.05) is 12.4 Å². The minimum Gasteiger partial charge on any atom is -0.505 e. The van der Waals surface area contributed by atoms with Crippen LogP contribution in [0.15, 0.2) is 30.3 Å². The molecule has 0 bridgehead atoms. The molecule has 130 valence electrons. The van der Waals surface area contributed by atoms with Gasteiger partial charge >= 0.3 is 0 Å². The van der Waals surface area contributed by atoms with E-state index in [4.69, 9.17) is 9.53 Å². The summed E-state index contributed by atoms with van der Waals surface area (Å²) in [7, 11) is 1.84. The second-order valence-corrected chi connectivity index (χ2v) is 4.96. The Hall–Kier alpha value is -2.80. The van der Waals surface area contributed by atoms with Crippen molar-refractivity contribution in [3.05, 3.63) is 52.8 Å². The van der Waals surface area contributed by atoms with Crippen molar-refractivity contribution < 1.29 is 19.0 Å². The highest BCUT2D eigenvalue weighted by Crippen LogP contribution is 2.32. The van der Waals surface area contributed by atoms with Gasteiger partial charge in [0.1, 0.15) is 12.4 Å². The number of amides is 1. The molecule has 1 amide bonds. The molecular formula is C17H22FN3O3. The molecule has 0 aliphatic heterocycles. The van der Waals surface area contributed by atoms with Crippen LogP contribution in [0.1, 0.15) is 16.7 Å². The lowest BCUT2D eigenvalue weighted by atomic mass is 10.1. The van der Waals surface area contributed by atoms with Crippen LogP contribution in [0.25, 0.3) is 0 Å². The first kappa shape index (κ1) is 19.2. The summed E-state index contributed by atoms with van der Waals surface area (Å²) in [6, 6.07) is 9.41. The van der Waals surface area contributed by atoms with Crippen LogP contribution in [0.5, 0.6) is 11.5 Å². The number of nitrogens with two attached hydrogens (primary N) is 1. The molecule has 0 radical (unpaired) electrons. The fourth-order valence-electron chi connectivity index (χ4n) is 2.03. The first-order valence-corrected chi connectivity index (χ1v) is 7.23. The third-order valence-electron chi connectivity index (χ3n) is 3.37. The zero-order valence-corrected chi connectivity index (χ0v) is 13.9. The summed E-state index contributed by atoms with van der Waals surface area (Å²) >= 11 is 0. The number of hydrogen-bond donors (Lipinski definition) is 4. The molecule has 0 atom stereocenters. The molecule has 0 aliphatic rings. The number of phenolic OH excluding ortho intramolecular Hbond substituents is 1. The van der Waals surface area contributed by atoms with E-state index in [0.717, 1.165) is 11.3 Å². The Balaban J connectivity index is 0.000000648. The molecule has 0 saturated carbocycles. The molecule has 5 N–H and O–H groups in total. The van der Waals surface area contributed by atoms with Crippen LogP contribution in [0, 0.1) is 19.7 Å². The number of carbonyl (C=O) groups is 1. The number of phenols is 1. The molecule has 0 unspecified atom stereocenters. The van der Waals surface area contributed by atoms with Crippen molar-refractivity contribution >= 4 is 12.1 Å². The molecule has 0 saturated heterocycles. The third kappa shape index (κ3) is 4.85. The molecule has 0 aromatic heterocycles. The lowest BCUT2D eigenvalue weighted by Gasteiger charge is -2.14. The number of anilines is 1. The van der Waals surface area contributed by atoms with Gasteiger partial charge < -0.3 is 15.2 Å². The molecule has 0 aliphatic carbocycles. The molecule has 0 heterocycles. The lowest BCUT2D eigenvalue weighted by Crippen LogP contribution is -2.18. The van der Waals surface area contributed by atoms with Gasteiger partial charge in [0.05, 0.1) is 0 Å². The van der Waals surface area contributed by atoms with E-state index in [1.54, 1.807) is 25.3 Å². The van der Waals surface area contributed by atoms with E-state index in [1.807, 2.05) is 31.3 Å². The number of nitrogens with one attached hydrogen (secondary N) is 2. The monoisotopic (exact) mass is 335 g/mol. The van der Waals surface area contributed by atoms with Gasteiger partial charge in [-0.15, -0.1) is 0 Å². The van der Waals surface area contributed by atoms with Crippen LogP contribution in [-0.2, 0) is 11.4 Å². The number of carbonyl (C=O) groups excluding carboxylic acids is 1. The minimum absolute atomic E-state index is 0.314. The van der Waals surface area contributed by atoms with Gasteiger partial charge in [0.15, 0.2) is 11.6 Å². The first-order chi connectivity index (χ1) is 11.5. The number of rotatable bonds is 5. The van der Waals surface area contributed by atoms with E-state index >= 15 is 0 Å². The van der Waals surface area contributed by atoms with Crippen LogP contribution >= 0.6 is 0 Å². The van der Waals surface area contributed by atoms with Gasteiger partial charge in [-0.05, 0) is 31.5 Å². The normalized spacial score (nSPS) is 9.54. The maximum Gasteiger partial charge on any atom is 0.221 e. The predicted molar refractivity (Wildman–Crippen MR) is 91.2 cm³/mol. The van der Waals surface area contributed by atoms with Gasteiger partial charge in [0, 0.05) is 23.9 Å². The molecule has 7 heteroatoms. The Morgan fingerprint density at radius 2 is 1.96 bits per heavy atom. The number of aryl methyl sites for hydroxylation is 1. The van der Waals surface area contributed by atoms with Crippen molar-refractivity contribution in [3.63, 3.8) is 0 Å². The van der Waals surface area contributed by atoms with Gasteiger partial charge in [0.2, 0.25) is 6.41 Å².